The van der Waals surface area contributed by atoms with Gasteiger partial charge in [-0.3, -0.25) is 33.6 Å². The molecule has 0 N–H and O–H groups in total. The molecule has 15 aliphatic carbocycles. The lowest BCUT2D eigenvalue weighted by molar-refractivity contribution is -0.293. The van der Waals surface area contributed by atoms with Crippen molar-refractivity contribution in [3.05, 3.63) is 33.4 Å². The van der Waals surface area contributed by atoms with Crippen molar-refractivity contribution >= 4 is 41.0 Å². The van der Waals surface area contributed by atoms with Crippen LogP contribution in [0, 0.1) is 151 Å². The van der Waals surface area contributed by atoms with Gasteiger partial charge >= 0.3 is 17.9 Å². The van der Waals surface area contributed by atoms with Gasteiger partial charge in [-0.15, -0.1) is 0 Å². The van der Waals surface area contributed by atoms with Gasteiger partial charge in [0.05, 0.1) is 5.41 Å². The predicted molar refractivity (Wildman–Crippen MR) is 436 cm³/mol. The Morgan fingerprint density at radius 3 is 1.24 bits per heavy atom. The molecule has 0 heterocycles. The lowest BCUT2D eigenvalue weighted by Gasteiger charge is -2.79. The molecule has 610 valence electrons. The molecule has 5 unspecified atom stereocenters. The Labute approximate surface area is 662 Å². The Morgan fingerprint density at radius 2 is 0.780 bits per heavy atom. The van der Waals surface area contributed by atoms with Crippen LogP contribution in [-0.4, -0.2) is 59.4 Å². The quantitative estimate of drug-likeness (QED) is 0.137. The van der Waals surface area contributed by atoms with E-state index in [0.717, 1.165) is 95.5 Å². The number of carbonyl (C=O) groups excluding carboxylic acids is 7. The largest absolute Gasteiger partial charge is 0.462 e. The number of hydrogen-bond acceptors (Lipinski definition) is 10. The van der Waals surface area contributed by atoms with E-state index in [-0.39, 0.29) is 140 Å². The van der Waals surface area contributed by atoms with Crippen LogP contribution in [0.4, 0.5) is 0 Å². The normalized spacial score (nSPS) is 48.7. The van der Waals surface area contributed by atoms with Gasteiger partial charge in [0.2, 0.25) is 11.6 Å². The van der Waals surface area contributed by atoms with E-state index in [1.165, 1.54) is 100 Å². The monoisotopic (exact) mass is 1500 g/mol. The maximum atomic E-state index is 13.6. The summed E-state index contributed by atoms with van der Waals surface area (Å²) in [5.41, 5.74) is 9.25. The molecule has 0 amide bonds. The second-order valence-corrected chi connectivity index (χ2v) is 46.7. The Kier molecular flexibility index (Phi) is 20.0. The first-order valence-corrected chi connectivity index (χ1v) is 45.0. The molecule has 15 aliphatic rings. The maximum Gasteiger partial charge on any atom is 0.302 e. The standard InChI is InChI=1S/C35H56O3.C32H48O4.C32H50O3/c1-12-35-20-19-33(10)31(8,28(35)27(22(2)3)24(37)21-35)17-18-32(9)30(7)15-14-26(38-23(4)36)29(5,6)25(30)13-16-34(32,33)11;1-18(2)24-25-20-10-11-22-29(6)14-13-23(36-19(3)33)28(4,5)21(29)12-15-32(22,9)31(20,8)17-16-30(25,7)27(35)26(24)34;1-19(2)26-22(34)18-29(6)16-17-31(8)21(27(26)29)10-11-24-30(7)14-13-25(35-20(3)33)28(4,5)23(30)12-15-32(24,31)9/h22,25-26H,12-21H2,1-11H3;18,20-23H,10-17H2,1-9H3;19,21,23-25H,10-18H2,1-9H3/t25?,26-,30-,31+,32+,33+,34+,35-;20-,21?,22?,23+,29+,30-,31-,32-;21-,23?,24?,25+,29+,30+,31-,32-/m011/s1. The van der Waals surface area contributed by atoms with E-state index < -0.39 is 5.41 Å². The molecule has 0 radical (unpaired) electrons. The van der Waals surface area contributed by atoms with Crippen LogP contribution in [0.15, 0.2) is 33.4 Å². The second-order valence-electron chi connectivity index (χ2n) is 46.7. The van der Waals surface area contributed by atoms with Gasteiger partial charge in [-0.25, -0.2) is 0 Å². The van der Waals surface area contributed by atoms with Crippen LogP contribution < -0.4 is 0 Å². The third kappa shape index (κ3) is 10.8. The zero-order valence-electron chi connectivity index (χ0n) is 74.7. The average molecular weight is 1500 g/mol. The van der Waals surface area contributed by atoms with Crippen molar-refractivity contribution in [1.29, 1.82) is 0 Å². The van der Waals surface area contributed by atoms with E-state index >= 15 is 0 Å². The number of ether oxygens (including phenoxy) is 3. The molecule has 0 aromatic carbocycles. The fraction of sp³-hybridized carbons (Fsp3) is 0.869. The van der Waals surface area contributed by atoms with Crippen molar-refractivity contribution in [2.45, 2.75) is 392 Å². The summed E-state index contributed by atoms with van der Waals surface area (Å²) in [6.45, 7) is 67.5. The summed E-state index contributed by atoms with van der Waals surface area (Å²) in [7, 11) is 0. The molecule has 10 heteroatoms. The van der Waals surface area contributed by atoms with Crippen LogP contribution >= 0.6 is 0 Å². The van der Waals surface area contributed by atoms with Gasteiger partial charge < -0.3 is 14.2 Å². The molecule has 0 saturated heterocycles. The Morgan fingerprint density at radius 1 is 0.367 bits per heavy atom. The Balaban J connectivity index is 0.000000144. The summed E-state index contributed by atoms with van der Waals surface area (Å²) in [5, 5.41) is 0. The van der Waals surface area contributed by atoms with Gasteiger partial charge in [0.1, 0.15) is 18.3 Å². The number of allylic oxidation sites excluding steroid dienone is 6. The smallest absolute Gasteiger partial charge is 0.302 e. The molecule has 109 heavy (non-hydrogen) atoms. The van der Waals surface area contributed by atoms with Crippen LogP contribution in [0.3, 0.4) is 0 Å². The Hall–Kier alpha value is -3.69. The summed E-state index contributed by atoms with van der Waals surface area (Å²) < 4.78 is 17.7. The van der Waals surface area contributed by atoms with E-state index in [1.807, 2.05) is 0 Å². The average Bonchev–Trinajstić information content (AvgIpc) is 1.59. The zero-order chi connectivity index (χ0) is 80.7. The van der Waals surface area contributed by atoms with Crippen molar-refractivity contribution < 1.29 is 47.8 Å². The lowest BCUT2D eigenvalue weighted by Crippen LogP contribution is -2.72. The summed E-state index contributed by atoms with van der Waals surface area (Å²) in [5.74, 6) is 4.65. The van der Waals surface area contributed by atoms with Crippen LogP contribution in [0.1, 0.15) is 374 Å². The van der Waals surface area contributed by atoms with Crippen LogP contribution in [0.2, 0.25) is 0 Å². The molecule has 0 aromatic heterocycles. The van der Waals surface area contributed by atoms with Crippen LogP contribution in [0.5, 0.6) is 0 Å². The van der Waals surface area contributed by atoms with Gasteiger partial charge in [-0.2, -0.15) is 0 Å². The molecule has 0 aromatic rings. The highest BCUT2D eigenvalue weighted by Gasteiger charge is 2.79. The van der Waals surface area contributed by atoms with Crippen molar-refractivity contribution in [2.75, 3.05) is 0 Å². The number of carbonyl (C=O) groups is 7. The molecular weight excluding hydrogens is 1350 g/mol. The van der Waals surface area contributed by atoms with Gasteiger partial charge in [-0.05, 0) is 314 Å². The van der Waals surface area contributed by atoms with E-state index in [9.17, 15) is 33.6 Å². The first-order valence-electron chi connectivity index (χ1n) is 45.0. The molecule has 24 atom stereocenters. The molecule has 10 nitrogen and oxygen atoms in total. The number of rotatable bonds is 7. The number of Topliss-reactive ketones (excluding diaryl/α,β-unsaturated/α-hetero) is 4. The molecule has 12 fully saturated rings. The summed E-state index contributed by atoms with van der Waals surface area (Å²) >= 11 is 0. The number of esters is 3. The van der Waals surface area contributed by atoms with Crippen molar-refractivity contribution in [3.8, 4) is 0 Å². The fourth-order valence-electron chi connectivity index (χ4n) is 34.8. The third-order valence-electron chi connectivity index (χ3n) is 41.3. The van der Waals surface area contributed by atoms with Gasteiger partial charge in [0.25, 0.3) is 0 Å². The summed E-state index contributed by atoms with van der Waals surface area (Å²) in [6.07, 6.45) is 30.0. The molecule has 12 saturated carbocycles. The minimum absolute atomic E-state index is 0.00554. The van der Waals surface area contributed by atoms with Gasteiger partial charge in [-0.1, -0.05) is 184 Å². The first-order chi connectivity index (χ1) is 50.1. The van der Waals surface area contributed by atoms with Crippen molar-refractivity contribution in [3.63, 3.8) is 0 Å². The Bertz CT molecular complexity index is 3890. The van der Waals surface area contributed by atoms with E-state index in [0.29, 0.717) is 64.8 Å². The van der Waals surface area contributed by atoms with Crippen LogP contribution in [-0.2, 0) is 47.8 Å². The molecule has 0 spiro atoms. The minimum atomic E-state index is -0.588. The van der Waals surface area contributed by atoms with Gasteiger partial charge in [0, 0.05) is 55.4 Å². The zero-order valence-corrected chi connectivity index (χ0v) is 74.7. The number of hydrogen-bond donors (Lipinski definition) is 0. The summed E-state index contributed by atoms with van der Waals surface area (Å²) in [4.78, 5) is 89.2. The highest BCUT2D eigenvalue weighted by atomic mass is 16.6. The summed E-state index contributed by atoms with van der Waals surface area (Å²) in [6, 6.07) is 0. The molecular formula is C99H154O10. The van der Waals surface area contributed by atoms with E-state index in [1.54, 1.807) is 31.9 Å². The van der Waals surface area contributed by atoms with E-state index in [2.05, 4.69) is 180 Å². The predicted octanol–water partition coefficient (Wildman–Crippen LogP) is 24.1. The van der Waals surface area contributed by atoms with Crippen molar-refractivity contribution in [2.24, 2.45) is 151 Å². The topological polar surface area (TPSA) is 147 Å². The highest BCUT2D eigenvalue weighted by molar-refractivity contribution is 6.48. The maximum absolute atomic E-state index is 13.6. The number of ketones is 4. The second kappa shape index (κ2) is 26.2. The fourth-order valence-corrected chi connectivity index (χ4v) is 34.8. The molecule has 0 bridgehead atoms. The highest BCUT2D eigenvalue weighted by Crippen LogP contribution is 2.85. The molecule has 0 aliphatic heterocycles. The minimum Gasteiger partial charge on any atom is -0.462 e. The van der Waals surface area contributed by atoms with Gasteiger partial charge in [0.15, 0.2) is 11.6 Å². The number of fused-ring (bicyclic) bond motifs is 21. The lowest BCUT2D eigenvalue weighted by atomic mass is 9.25. The third-order valence-corrected chi connectivity index (χ3v) is 41.3. The first kappa shape index (κ1) is 83.3. The van der Waals surface area contributed by atoms with Crippen LogP contribution in [0.25, 0.3) is 0 Å². The SMILES string of the molecule is CC(=O)O[C@H]1CC[C@@]2(C)C(CC[C@]3(C)C2CC[C@@H]2C4=C(C(C)C)C(=O)C(=O)[C@]4(C)CC[C@]23C)C1(C)C.CC(=O)O[C@H]1CC[C@@]2(C)C(CC[C@]3(C)C2CC[C@@H]2C4=C(C(C)C)C(=O)C[C@]4(C)CC[C@]23C)C1(C)C.CC[C@@]12CC[C@@]3(C)[C@]4(C)CCC5C(C)(C)[C@@H](OC(C)=O)CC[C@]5(C)[C@@]4(C)CC[C@]3(C)C1=C(C(C)C)C(=O)C2. The van der Waals surface area contributed by atoms with E-state index in [4.69, 9.17) is 14.2 Å². The molecule has 15 rings (SSSR count). The van der Waals surface area contributed by atoms with Crippen molar-refractivity contribution in [1.82, 2.24) is 0 Å².